The normalized spacial score (nSPS) is 39.8. The van der Waals surface area contributed by atoms with Gasteiger partial charge in [0, 0.05) is 20.1 Å². The van der Waals surface area contributed by atoms with E-state index >= 15 is 0 Å². The molecule has 4 heteroatoms. The first-order valence-corrected chi connectivity index (χ1v) is 8.42. The van der Waals surface area contributed by atoms with E-state index in [4.69, 9.17) is 16.3 Å². The average molecular weight is 300 g/mol. The molecule has 1 unspecified atom stereocenters. The highest BCUT2D eigenvalue weighted by Crippen LogP contribution is 2.61. The van der Waals surface area contributed by atoms with Gasteiger partial charge in [0.1, 0.15) is 0 Å². The molecule has 1 amide bonds. The van der Waals surface area contributed by atoms with E-state index in [1.54, 1.807) is 7.11 Å². The summed E-state index contributed by atoms with van der Waals surface area (Å²) < 4.78 is 4.99. The van der Waals surface area contributed by atoms with Crippen LogP contribution in [0, 0.1) is 23.2 Å². The third-order valence-electron chi connectivity index (χ3n) is 5.57. The van der Waals surface area contributed by atoms with Crippen molar-refractivity contribution >= 4 is 17.5 Å². The van der Waals surface area contributed by atoms with E-state index in [-0.39, 0.29) is 11.3 Å². The van der Waals surface area contributed by atoms with Crippen molar-refractivity contribution < 1.29 is 9.53 Å². The lowest BCUT2D eigenvalue weighted by atomic mass is 9.49. The van der Waals surface area contributed by atoms with E-state index in [0.717, 1.165) is 17.8 Å². The molecule has 0 aliphatic heterocycles. The Hall–Kier alpha value is -0.280. The molecular formula is C16H26ClNO2. The van der Waals surface area contributed by atoms with Crippen LogP contribution in [0.2, 0.25) is 0 Å². The summed E-state index contributed by atoms with van der Waals surface area (Å²) in [7, 11) is 1.63. The summed E-state index contributed by atoms with van der Waals surface area (Å²) >= 11 is 6.06. The van der Waals surface area contributed by atoms with Crippen molar-refractivity contribution in [2.75, 3.05) is 20.3 Å². The second-order valence-corrected chi connectivity index (χ2v) is 8.07. The van der Waals surface area contributed by atoms with Crippen LogP contribution in [0.5, 0.6) is 0 Å². The summed E-state index contributed by atoms with van der Waals surface area (Å²) in [6.45, 7) is 1.000. The van der Waals surface area contributed by atoms with Crippen LogP contribution in [0.1, 0.15) is 44.9 Å². The number of ether oxygens (including phenoxy) is 1. The van der Waals surface area contributed by atoms with Gasteiger partial charge in [-0.3, -0.25) is 4.79 Å². The van der Waals surface area contributed by atoms with Crippen LogP contribution in [-0.2, 0) is 9.53 Å². The van der Waals surface area contributed by atoms with Crippen LogP contribution < -0.4 is 5.32 Å². The van der Waals surface area contributed by atoms with Crippen molar-refractivity contribution in [1.82, 2.24) is 5.32 Å². The minimum absolute atomic E-state index is 0.125. The molecule has 4 saturated carbocycles. The van der Waals surface area contributed by atoms with Gasteiger partial charge < -0.3 is 10.1 Å². The third kappa shape index (κ3) is 3.14. The number of rotatable bonds is 6. The van der Waals surface area contributed by atoms with Crippen LogP contribution in [0.15, 0.2) is 0 Å². The zero-order valence-electron chi connectivity index (χ0n) is 12.4. The number of nitrogens with one attached hydrogen (secondary N) is 1. The molecule has 0 aromatic carbocycles. The van der Waals surface area contributed by atoms with Gasteiger partial charge in [-0.05, 0) is 61.7 Å². The van der Waals surface area contributed by atoms with Gasteiger partial charge in [0.15, 0.2) is 0 Å². The van der Waals surface area contributed by atoms with Gasteiger partial charge in [-0.25, -0.2) is 0 Å². The Kier molecular flexibility index (Phi) is 4.28. The fraction of sp³-hybridized carbons (Fsp3) is 0.938. The number of methoxy groups -OCH3 is 1. The summed E-state index contributed by atoms with van der Waals surface area (Å²) in [5.41, 5.74) is 0.321. The van der Waals surface area contributed by atoms with Gasteiger partial charge in [0.2, 0.25) is 5.91 Å². The van der Waals surface area contributed by atoms with Crippen molar-refractivity contribution in [2.45, 2.75) is 50.3 Å². The Bertz CT molecular complexity index is 336. The first-order valence-electron chi connectivity index (χ1n) is 7.98. The first kappa shape index (κ1) is 14.6. The van der Waals surface area contributed by atoms with E-state index in [1.807, 2.05) is 0 Å². The SMILES string of the molecule is COCC(Cl)CNC(=O)CC12CC3CC(CC(C3)C1)C2. The summed E-state index contributed by atoms with van der Waals surface area (Å²) in [6.07, 6.45) is 8.86. The fourth-order valence-corrected chi connectivity index (χ4v) is 5.58. The Balaban J connectivity index is 1.51. The van der Waals surface area contributed by atoms with E-state index in [9.17, 15) is 4.79 Å². The largest absolute Gasteiger partial charge is 0.383 e. The van der Waals surface area contributed by atoms with E-state index in [0.29, 0.717) is 25.0 Å². The van der Waals surface area contributed by atoms with E-state index in [2.05, 4.69) is 5.32 Å². The molecule has 0 radical (unpaired) electrons. The molecule has 4 aliphatic rings. The molecule has 0 heterocycles. The minimum Gasteiger partial charge on any atom is -0.383 e. The van der Waals surface area contributed by atoms with Gasteiger partial charge in [0.05, 0.1) is 12.0 Å². The van der Waals surface area contributed by atoms with E-state index in [1.165, 1.54) is 38.5 Å². The molecule has 4 bridgehead atoms. The Morgan fingerprint density at radius 3 is 2.30 bits per heavy atom. The highest BCUT2D eigenvalue weighted by molar-refractivity contribution is 6.21. The van der Waals surface area contributed by atoms with Gasteiger partial charge in [-0.2, -0.15) is 0 Å². The maximum absolute atomic E-state index is 12.2. The second kappa shape index (κ2) is 5.84. The summed E-state index contributed by atoms with van der Waals surface area (Å²) in [5.74, 6) is 2.91. The first-order chi connectivity index (χ1) is 9.58. The van der Waals surface area contributed by atoms with Crippen LogP contribution >= 0.6 is 11.6 Å². The lowest BCUT2D eigenvalue weighted by molar-refractivity contribution is -0.129. The number of alkyl halides is 1. The number of amides is 1. The van der Waals surface area contributed by atoms with Crippen molar-refractivity contribution in [1.29, 1.82) is 0 Å². The van der Waals surface area contributed by atoms with Crippen molar-refractivity contribution in [3.05, 3.63) is 0 Å². The molecule has 20 heavy (non-hydrogen) atoms. The molecule has 0 aromatic rings. The van der Waals surface area contributed by atoms with E-state index < -0.39 is 0 Å². The van der Waals surface area contributed by atoms with Crippen LogP contribution in [0.25, 0.3) is 0 Å². The topological polar surface area (TPSA) is 38.3 Å². The fourth-order valence-electron chi connectivity index (χ4n) is 5.37. The minimum atomic E-state index is -0.125. The zero-order chi connectivity index (χ0) is 14.2. The van der Waals surface area contributed by atoms with Crippen molar-refractivity contribution in [2.24, 2.45) is 23.2 Å². The van der Waals surface area contributed by atoms with Gasteiger partial charge in [-0.1, -0.05) is 0 Å². The highest BCUT2D eigenvalue weighted by Gasteiger charge is 2.51. The molecule has 114 valence electrons. The third-order valence-corrected chi connectivity index (χ3v) is 5.85. The standard InChI is InChI=1S/C16H26ClNO2/c1-20-10-14(17)9-18-15(19)8-16-5-11-2-12(6-16)4-13(3-11)7-16/h11-14H,2-10H2,1H3,(H,18,19). The van der Waals surface area contributed by atoms with Crippen LogP contribution in [0.4, 0.5) is 0 Å². The zero-order valence-corrected chi connectivity index (χ0v) is 13.1. The summed E-state index contributed by atoms with van der Waals surface area (Å²) in [4.78, 5) is 12.2. The smallest absolute Gasteiger partial charge is 0.220 e. The maximum Gasteiger partial charge on any atom is 0.220 e. The number of hydrogen-bond acceptors (Lipinski definition) is 2. The molecule has 4 rings (SSSR count). The number of carbonyl (C=O) groups is 1. The average Bonchev–Trinajstić information content (AvgIpc) is 2.34. The summed E-state index contributed by atoms with van der Waals surface area (Å²) in [5, 5.41) is 2.87. The summed E-state index contributed by atoms with van der Waals surface area (Å²) in [6, 6.07) is 0. The Labute approximate surface area is 126 Å². The lowest BCUT2D eigenvalue weighted by Gasteiger charge is -2.56. The van der Waals surface area contributed by atoms with Gasteiger partial charge >= 0.3 is 0 Å². The van der Waals surface area contributed by atoms with Crippen LogP contribution in [-0.4, -0.2) is 31.5 Å². The number of carbonyl (C=O) groups excluding carboxylic acids is 1. The number of hydrogen-bond donors (Lipinski definition) is 1. The molecule has 4 fully saturated rings. The molecule has 1 N–H and O–H groups in total. The second-order valence-electron chi connectivity index (χ2n) is 7.45. The molecule has 0 aromatic heterocycles. The van der Waals surface area contributed by atoms with Crippen LogP contribution in [0.3, 0.4) is 0 Å². The predicted octanol–water partition coefficient (Wildman–Crippen LogP) is 2.96. The van der Waals surface area contributed by atoms with Crippen molar-refractivity contribution in [3.63, 3.8) is 0 Å². The Morgan fingerprint density at radius 2 is 1.80 bits per heavy atom. The molecule has 0 spiro atoms. The van der Waals surface area contributed by atoms with Gasteiger partial charge in [0.25, 0.3) is 0 Å². The molecular weight excluding hydrogens is 274 g/mol. The molecule has 1 atom stereocenters. The molecule has 0 saturated heterocycles. The molecule has 4 aliphatic carbocycles. The highest BCUT2D eigenvalue weighted by atomic mass is 35.5. The van der Waals surface area contributed by atoms with Gasteiger partial charge in [-0.15, -0.1) is 11.6 Å². The Morgan fingerprint density at radius 1 is 1.25 bits per heavy atom. The lowest BCUT2D eigenvalue weighted by Crippen LogP contribution is -2.48. The molecule has 3 nitrogen and oxygen atoms in total. The number of halogens is 1. The predicted molar refractivity (Wildman–Crippen MR) is 79.7 cm³/mol. The maximum atomic E-state index is 12.2. The van der Waals surface area contributed by atoms with Crippen molar-refractivity contribution in [3.8, 4) is 0 Å². The monoisotopic (exact) mass is 299 g/mol. The quantitative estimate of drug-likeness (QED) is 0.766.